The molecule has 2 unspecified atom stereocenters. The van der Waals surface area contributed by atoms with Crippen molar-refractivity contribution in [2.75, 3.05) is 20.3 Å². The van der Waals surface area contributed by atoms with Gasteiger partial charge >= 0.3 is 5.97 Å². The summed E-state index contributed by atoms with van der Waals surface area (Å²) in [5.41, 5.74) is 0. The maximum Gasteiger partial charge on any atom is 0.328 e. The van der Waals surface area contributed by atoms with E-state index in [2.05, 4.69) is 4.74 Å². The quantitative estimate of drug-likeness (QED) is 0.603. The Kier molecular flexibility index (Phi) is 2.90. The highest BCUT2D eigenvalue weighted by molar-refractivity contribution is 5.88. The standard InChI is InChI=1S/C10H15NO4/c1-14-10(13)7-4-5-11(7)9(12)8-3-2-6-15-8/h7-8H,2-6H2,1H3. The molecule has 0 radical (unpaired) electrons. The fourth-order valence-electron chi connectivity index (χ4n) is 1.99. The molecule has 0 N–H and O–H groups in total. The number of hydrogen-bond donors (Lipinski definition) is 0. The van der Waals surface area contributed by atoms with Crippen molar-refractivity contribution in [1.29, 1.82) is 0 Å². The minimum atomic E-state index is -0.383. The number of ether oxygens (including phenoxy) is 2. The molecule has 84 valence electrons. The van der Waals surface area contributed by atoms with Crippen LogP contribution in [0.25, 0.3) is 0 Å². The molecular weight excluding hydrogens is 198 g/mol. The Balaban J connectivity index is 1.93. The van der Waals surface area contributed by atoms with Crippen molar-refractivity contribution >= 4 is 11.9 Å². The summed E-state index contributed by atoms with van der Waals surface area (Å²) in [5, 5.41) is 0. The molecule has 0 aromatic heterocycles. The molecule has 2 atom stereocenters. The van der Waals surface area contributed by atoms with E-state index in [1.807, 2.05) is 0 Å². The van der Waals surface area contributed by atoms with Gasteiger partial charge in [-0.3, -0.25) is 4.79 Å². The molecule has 2 rings (SSSR count). The van der Waals surface area contributed by atoms with Crippen molar-refractivity contribution in [3.05, 3.63) is 0 Å². The van der Waals surface area contributed by atoms with Crippen LogP contribution < -0.4 is 0 Å². The van der Waals surface area contributed by atoms with E-state index in [1.54, 1.807) is 4.90 Å². The second-order valence-corrected chi connectivity index (χ2v) is 3.86. The zero-order valence-corrected chi connectivity index (χ0v) is 8.77. The van der Waals surface area contributed by atoms with E-state index in [1.165, 1.54) is 7.11 Å². The number of likely N-dealkylation sites (tertiary alicyclic amines) is 1. The van der Waals surface area contributed by atoms with Crippen molar-refractivity contribution in [3.63, 3.8) is 0 Å². The van der Waals surface area contributed by atoms with Gasteiger partial charge in [-0.2, -0.15) is 0 Å². The van der Waals surface area contributed by atoms with Gasteiger partial charge in [0.1, 0.15) is 12.1 Å². The summed E-state index contributed by atoms with van der Waals surface area (Å²) in [5.74, 6) is -0.387. The van der Waals surface area contributed by atoms with Crippen LogP contribution in [0.5, 0.6) is 0 Å². The van der Waals surface area contributed by atoms with Crippen LogP contribution in [0.15, 0.2) is 0 Å². The van der Waals surface area contributed by atoms with Gasteiger partial charge in [0.15, 0.2) is 0 Å². The molecule has 0 aromatic rings. The van der Waals surface area contributed by atoms with Crippen LogP contribution in [-0.4, -0.2) is 49.2 Å². The zero-order chi connectivity index (χ0) is 10.8. The second-order valence-electron chi connectivity index (χ2n) is 3.86. The number of hydrogen-bond acceptors (Lipinski definition) is 4. The first-order valence-corrected chi connectivity index (χ1v) is 5.24. The first-order valence-electron chi connectivity index (χ1n) is 5.24. The summed E-state index contributed by atoms with van der Waals surface area (Å²) in [6.45, 7) is 1.28. The molecule has 15 heavy (non-hydrogen) atoms. The second kappa shape index (κ2) is 4.18. The molecule has 0 spiro atoms. The lowest BCUT2D eigenvalue weighted by molar-refractivity contribution is -0.164. The van der Waals surface area contributed by atoms with Gasteiger partial charge in [-0.15, -0.1) is 0 Å². The molecule has 2 saturated heterocycles. The van der Waals surface area contributed by atoms with Crippen molar-refractivity contribution in [3.8, 4) is 0 Å². The van der Waals surface area contributed by atoms with E-state index in [4.69, 9.17) is 4.74 Å². The smallest absolute Gasteiger partial charge is 0.328 e. The minimum absolute atomic E-state index is 0.0610. The average molecular weight is 213 g/mol. The predicted molar refractivity (Wildman–Crippen MR) is 51.1 cm³/mol. The lowest BCUT2D eigenvalue weighted by Crippen LogP contribution is -2.58. The summed E-state index contributed by atoms with van der Waals surface area (Å²) in [7, 11) is 1.34. The topological polar surface area (TPSA) is 55.8 Å². The average Bonchev–Trinajstić information content (AvgIpc) is 2.68. The third-order valence-electron chi connectivity index (χ3n) is 2.98. The fraction of sp³-hybridized carbons (Fsp3) is 0.800. The Morgan fingerprint density at radius 3 is 2.67 bits per heavy atom. The van der Waals surface area contributed by atoms with Crippen LogP contribution in [0.1, 0.15) is 19.3 Å². The third-order valence-corrected chi connectivity index (χ3v) is 2.98. The van der Waals surface area contributed by atoms with Gasteiger partial charge in [-0.05, 0) is 19.3 Å². The van der Waals surface area contributed by atoms with Gasteiger partial charge in [-0.1, -0.05) is 0 Å². The van der Waals surface area contributed by atoms with E-state index >= 15 is 0 Å². The van der Waals surface area contributed by atoms with Crippen LogP contribution in [0.4, 0.5) is 0 Å². The van der Waals surface area contributed by atoms with Crippen molar-refractivity contribution in [2.24, 2.45) is 0 Å². The van der Waals surface area contributed by atoms with E-state index in [0.717, 1.165) is 12.8 Å². The maximum atomic E-state index is 11.9. The van der Waals surface area contributed by atoms with Crippen LogP contribution in [0.2, 0.25) is 0 Å². The Bertz CT molecular complexity index is 273. The number of methoxy groups -OCH3 is 1. The first-order chi connectivity index (χ1) is 7.24. The Hall–Kier alpha value is -1.10. The van der Waals surface area contributed by atoms with Crippen molar-refractivity contribution < 1.29 is 19.1 Å². The SMILES string of the molecule is COC(=O)C1CCN1C(=O)C1CCCO1. The van der Waals surface area contributed by atoms with Crippen molar-refractivity contribution in [1.82, 2.24) is 4.90 Å². The molecule has 2 aliphatic rings. The number of nitrogens with zero attached hydrogens (tertiary/aromatic N) is 1. The van der Waals surface area contributed by atoms with Gasteiger partial charge in [0.05, 0.1) is 7.11 Å². The van der Waals surface area contributed by atoms with E-state index < -0.39 is 0 Å². The minimum Gasteiger partial charge on any atom is -0.467 e. The van der Waals surface area contributed by atoms with Crippen molar-refractivity contribution in [2.45, 2.75) is 31.4 Å². The summed E-state index contributed by atoms with van der Waals surface area (Å²) >= 11 is 0. The molecule has 0 aliphatic carbocycles. The summed E-state index contributed by atoms with van der Waals surface area (Å²) in [4.78, 5) is 24.7. The van der Waals surface area contributed by atoms with Crippen LogP contribution in [-0.2, 0) is 19.1 Å². The highest BCUT2D eigenvalue weighted by atomic mass is 16.5. The van der Waals surface area contributed by atoms with Gasteiger partial charge in [0.2, 0.25) is 0 Å². The number of esters is 1. The van der Waals surface area contributed by atoms with E-state index in [9.17, 15) is 9.59 Å². The molecule has 2 fully saturated rings. The molecule has 0 bridgehead atoms. The third kappa shape index (κ3) is 1.84. The Morgan fingerprint density at radius 2 is 2.20 bits per heavy atom. The van der Waals surface area contributed by atoms with Crippen LogP contribution in [0, 0.1) is 0 Å². The largest absolute Gasteiger partial charge is 0.467 e. The molecule has 2 heterocycles. The highest BCUT2D eigenvalue weighted by Crippen LogP contribution is 2.23. The number of carbonyl (C=O) groups excluding carboxylic acids is 2. The predicted octanol–water partition coefficient (Wildman–Crippen LogP) is -0.0607. The lowest BCUT2D eigenvalue weighted by Gasteiger charge is -2.39. The molecule has 5 nitrogen and oxygen atoms in total. The number of rotatable bonds is 2. The molecule has 2 aliphatic heterocycles. The first kappa shape index (κ1) is 10.4. The molecule has 1 amide bonds. The van der Waals surface area contributed by atoms with E-state index in [0.29, 0.717) is 19.6 Å². The summed E-state index contributed by atoms with van der Waals surface area (Å²) in [6, 6.07) is -0.383. The summed E-state index contributed by atoms with van der Waals surface area (Å²) in [6.07, 6.45) is 2.05. The van der Waals surface area contributed by atoms with Gasteiger partial charge in [0.25, 0.3) is 5.91 Å². The van der Waals surface area contributed by atoms with Crippen LogP contribution >= 0.6 is 0 Å². The maximum absolute atomic E-state index is 11.9. The fourth-order valence-corrected chi connectivity index (χ4v) is 1.99. The molecule has 5 heteroatoms. The lowest BCUT2D eigenvalue weighted by atomic mass is 10.0. The Morgan fingerprint density at radius 1 is 1.40 bits per heavy atom. The van der Waals surface area contributed by atoms with Gasteiger partial charge in [0, 0.05) is 13.2 Å². The summed E-state index contributed by atoms with van der Waals surface area (Å²) < 4.78 is 9.91. The Labute approximate surface area is 88.3 Å². The monoisotopic (exact) mass is 213 g/mol. The highest BCUT2D eigenvalue weighted by Gasteiger charge is 2.41. The normalized spacial score (nSPS) is 29.8. The van der Waals surface area contributed by atoms with Gasteiger partial charge in [-0.25, -0.2) is 4.79 Å². The number of carbonyl (C=O) groups is 2. The zero-order valence-electron chi connectivity index (χ0n) is 8.77. The number of amides is 1. The van der Waals surface area contributed by atoms with Crippen LogP contribution in [0.3, 0.4) is 0 Å². The molecular formula is C10H15NO4. The molecule has 0 saturated carbocycles. The molecule has 0 aromatic carbocycles. The van der Waals surface area contributed by atoms with Gasteiger partial charge < -0.3 is 14.4 Å². The van der Waals surface area contributed by atoms with E-state index in [-0.39, 0.29) is 24.0 Å².